The van der Waals surface area contributed by atoms with Crippen LogP contribution in [0.5, 0.6) is 0 Å². The number of amides is 1. The highest BCUT2D eigenvalue weighted by molar-refractivity contribution is 7.77. The zero-order valence-corrected chi connectivity index (χ0v) is 11.7. The van der Waals surface area contributed by atoms with Gasteiger partial charge in [-0.15, -0.1) is 0 Å². The Morgan fingerprint density at radius 3 is 2.81 bits per heavy atom. The minimum Gasteiger partial charge on any atom is -0.755 e. The minimum atomic E-state index is -2.76. The van der Waals surface area contributed by atoms with Crippen LogP contribution >= 0.6 is 0 Å². The predicted molar refractivity (Wildman–Crippen MR) is 73.0 cm³/mol. The summed E-state index contributed by atoms with van der Waals surface area (Å²) in [6.45, 7) is 1.51. The highest BCUT2D eigenvalue weighted by atomic mass is 32.2. The first-order chi connectivity index (χ1) is 10.1. The fourth-order valence-corrected chi connectivity index (χ4v) is 2.79. The number of hydrogen-bond donors (Lipinski definition) is 1. The standard InChI is InChI=1S/C12H13FN4O3S/c13-10-9(16-4-1-2-5-16)3-6-17-11(10)8(7-14-17)12(18)15-21(19)20/h3,6-7H,1-2,4-5H2,(H,15,18)(H,19,20)/p-1. The fraction of sp³-hybridized carbons (Fsp3) is 0.333. The van der Waals surface area contributed by atoms with Crippen molar-refractivity contribution in [3.63, 3.8) is 0 Å². The zero-order chi connectivity index (χ0) is 15.0. The molecule has 2 aromatic heterocycles. The van der Waals surface area contributed by atoms with Gasteiger partial charge in [-0.25, -0.2) is 8.91 Å². The lowest BCUT2D eigenvalue weighted by Gasteiger charge is -2.18. The molecule has 0 aliphatic carbocycles. The first-order valence-corrected chi connectivity index (χ1v) is 7.46. The second-order valence-corrected chi connectivity index (χ2v) is 5.40. The van der Waals surface area contributed by atoms with Crippen LogP contribution < -0.4 is 9.62 Å². The maximum Gasteiger partial charge on any atom is 0.266 e. The Morgan fingerprint density at radius 1 is 1.43 bits per heavy atom. The van der Waals surface area contributed by atoms with Crippen LogP contribution in [0.1, 0.15) is 23.2 Å². The van der Waals surface area contributed by atoms with E-state index in [9.17, 15) is 17.9 Å². The van der Waals surface area contributed by atoms with Crippen LogP contribution in [0.15, 0.2) is 18.5 Å². The molecule has 3 rings (SSSR count). The quantitative estimate of drug-likeness (QED) is 0.838. The van der Waals surface area contributed by atoms with E-state index < -0.39 is 23.0 Å². The number of hydrogen-bond acceptors (Lipinski definition) is 5. The van der Waals surface area contributed by atoms with Gasteiger partial charge in [-0.3, -0.25) is 13.7 Å². The predicted octanol–water partition coefficient (Wildman–Crippen LogP) is 0.597. The van der Waals surface area contributed by atoms with E-state index in [-0.39, 0.29) is 11.1 Å². The van der Waals surface area contributed by atoms with Gasteiger partial charge in [-0.1, -0.05) is 0 Å². The van der Waals surface area contributed by atoms with Crippen molar-refractivity contribution in [2.45, 2.75) is 12.8 Å². The molecule has 1 aliphatic heterocycles. The summed E-state index contributed by atoms with van der Waals surface area (Å²) in [5.74, 6) is -1.48. The zero-order valence-electron chi connectivity index (χ0n) is 10.9. The normalized spacial score (nSPS) is 16.4. The molecule has 9 heteroatoms. The molecule has 1 N–H and O–H groups in total. The molecule has 1 unspecified atom stereocenters. The van der Waals surface area contributed by atoms with Gasteiger partial charge in [-0.2, -0.15) is 5.10 Å². The molecule has 2 aromatic rings. The molecule has 112 valence electrons. The van der Waals surface area contributed by atoms with Gasteiger partial charge in [0.05, 0.1) is 17.4 Å². The van der Waals surface area contributed by atoms with Crippen LogP contribution in [-0.4, -0.2) is 37.4 Å². The molecule has 1 aliphatic rings. The van der Waals surface area contributed by atoms with Crippen molar-refractivity contribution in [1.29, 1.82) is 0 Å². The Hall–Kier alpha value is -2.00. The molecule has 1 saturated heterocycles. The van der Waals surface area contributed by atoms with Crippen molar-refractivity contribution in [1.82, 2.24) is 14.3 Å². The van der Waals surface area contributed by atoms with Gasteiger partial charge in [-0.05, 0) is 18.9 Å². The summed E-state index contributed by atoms with van der Waals surface area (Å²) in [5.41, 5.74) is 0.262. The molecule has 3 heterocycles. The third-order valence-electron chi connectivity index (χ3n) is 3.47. The van der Waals surface area contributed by atoms with Crippen LogP contribution in [0.2, 0.25) is 0 Å². The van der Waals surface area contributed by atoms with Crippen LogP contribution in [0, 0.1) is 5.82 Å². The fourth-order valence-electron chi connectivity index (χ4n) is 2.53. The molecule has 0 aromatic carbocycles. The number of carbonyl (C=O) groups is 1. The first-order valence-electron chi connectivity index (χ1n) is 6.39. The summed E-state index contributed by atoms with van der Waals surface area (Å²) in [4.78, 5) is 13.7. The van der Waals surface area contributed by atoms with Crippen molar-refractivity contribution < 1.29 is 17.9 Å². The lowest BCUT2D eigenvalue weighted by atomic mass is 10.2. The van der Waals surface area contributed by atoms with Crippen LogP contribution in [0.3, 0.4) is 0 Å². The lowest BCUT2D eigenvalue weighted by molar-refractivity contribution is 0.0982. The molecular formula is C12H12FN4O3S-. The third-order valence-corrected chi connectivity index (χ3v) is 3.82. The largest absolute Gasteiger partial charge is 0.755 e. The van der Waals surface area contributed by atoms with Gasteiger partial charge in [0.2, 0.25) is 0 Å². The van der Waals surface area contributed by atoms with Crippen LogP contribution in [0.25, 0.3) is 5.52 Å². The number of nitrogens with zero attached hydrogens (tertiary/aromatic N) is 3. The van der Waals surface area contributed by atoms with E-state index in [0.29, 0.717) is 5.69 Å². The molecule has 7 nitrogen and oxygen atoms in total. The van der Waals surface area contributed by atoms with Gasteiger partial charge in [0.25, 0.3) is 5.91 Å². The average molecular weight is 311 g/mol. The number of pyridine rings is 1. The van der Waals surface area contributed by atoms with E-state index in [4.69, 9.17) is 0 Å². The maximum absolute atomic E-state index is 14.7. The molecule has 0 bridgehead atoms. The summed E-state index contributed by atoms with van der Waals surface area (Å²) >= 11 is -2.76. The van der Waals surface area contributed by atoms with Gasteiger partial charge >= 0.3 is 0 Å². The van der Waals surface area contributed by atoms with E-state index in [1.54, 1.807) is 17.0 Å². The van der Waals surface area contributed by atoms with Gasteiger partial charge in [0.15, 0.2) is 5.82 Å². The van der Waals surface area contributed by atoms with Gasteiger partial charge in [0.1, 0.15) is 5.52 Å². The van der Waals surface area contributed by atoms with Crippen LogP contribution in [-0.2, 0) is 11.3 Å². The summed E-state index contributed by atoms with van der Waals surface area (Å²) in [6, 6.07) is 1.61. The smallest absolute Gasteiger partial charge is 0.266 e. The van der Waals surface area contributed by atoms with Gasteiger partial charge in [0, 0.05) is 30.6 Å². The van der Waals surface area contributed by atoms with E-state index in [0.717, 1.165) is 32.1 Å². The van der Waals surface area contributed by atoms with E-state index in [1.165, 1.54) is 4.52 Å². The summed E-state index contributed by atoms with van der Waals surface area (Å²) < 4.78 is 38.7. The van der Waals surface area contributed by atoms with Crippen molar-refractivity contribution in [2.75, 3.05) is 18.0 Å². The van der Waals surface area contributed by atoms with E-state index >= 15 is 0 Å². The molecule has 1 atom stereocenters. The highest BCUT2D eigenvalue weighted by Gasteiger charge is 2.22. The number of anilines is 1. The average Bonchev–Trinajstić information content (AvgIpc) is 3.07. The molecule has 0 radical (unpaired) electrons. The summed E-state index contributed by atoms with van der Waals surface area (Å²) in [7, 11) is 0. The van der Waals surface area contributed by atoms with Crippen molar-refractivity contribution >= 4 is 28.4 Å². The van der Waals surface area contributed by atoms with Crippen molar-refractivity contribution in [3.8, 4) is 0 Å². The Balaban J connectivity index is 2.08. The molecule has 0 spiro atoms. The monoisotopic (exact) mass is 311 g/mol. The van der Waals surface area contributed by atoms with E-state index in [2.05, 4.69) is 5.10 Å². The lowest BCUT2D eigenvalue weighted by Crippen LogP contribution is -2.25. The number of rotatable bonds is 3. The number of nitrogens with one attached hydrogen (secondary N) is 1. The van der Waals surface area contributed by atoms with Gasteiger partial charge < -0.3 is 9.45 Å². The Morgan fingerprint density at radius 2 is 2.14 bits per heavy atom. The number of halogens is 1. The van der Waals surface area contributed by atoms with Crippen LogP contribution in [0.4, 0.5) is 10.1 Å². The third kappa shape index (κ3) is 2.49. The number of aromatic nitrogens is 2. The Labute approximate surface area is 122 Å². The second-order valence-electron chi connectivity index (χ2n) is 4.73. The minimum absolute atomic E-state index is 0.0256. The number of fused-ring (bicyclic) bond motifs is 1. The van der Waals surface area contributed by atoms with Crippen molar-refractivity contribution in [2.24, 2.45) is 0 Å². The highest BCUT2D eigenvalue weighted by Crippen LogP contribution is 2.27. The topological polar surface area (TPSA) is 89.8 Å². The first kappa shape index (κ1) is 14.0. The maximum atomic E-state index is 14.7. The number of carbonyl (C=O) groups excluding carboxylic acids is 1. The Kier molecular flexibility index (Phi) is 3.60. The molecular weight excluding hydrogens is 299 g/mol. The van der Waals surface area contributed by atoms with Crippen molar-refractivity contribution in [3.05, 3.63) is 29.8 Å². The van der Waals surface area contributed by atoms with E-state index in [1.807, 2.05) is 4.90 Å². The summed E-state index contributed by atoms with van der Waals surface area (Å²) in [6.07, 6.45) is 4.68. The Bertz CT molecular complexity index is 727. The molecule has 1 amide bonds. The summed E-state index contributed by atoms with van der Waals surface area (Å²) in [5, 5.41) is 3.87. The molecule has 21 heavy (non-hydrogen) atoms. The second kappa shape index (κ2) is 5.41. The molecule has 0 saturated carbocycles. The SMILES string of the molecule is O=C(NS(=O)[O-])c1cnn2ccc(N3CCCC3)c(F)c12. The molecule has 1 fully saturated rings.